The Kier molecular flexibility index (Phi) is 4.40. The first kappa shape index (κ1) is 15.3. The third-order valence-electron chi connectivity index (χ3n) is 4.60. The largest absolute Gasteiger partial charge is 0.496 e. The van der Waals surface area contributed by atoms with Crippen LogP contribution in [0.2, 0.25) is 0 Å². The number of likely N-dealkylation sites (tertiary alicyclic amines) is 1. The SMILES string of the molecule is COc1cc(C)c(C2(O)CCN(C(C)C)CC2)cc1C. The maximum absolute atomic E-state index is 11.0. The normalized spacial score (nSPS) is 19.4. The summed E-state index contributed by atoms with van der Waals surface area (Å²) in [6.45, 7) is 10.4. The molecule has 0 bridgehead atoms. The third-order valence-corrected chi connectivity index (χ3v) is 4.60. The van der Waals surface area contributed by atoms with Gasteiger partial charge in [-0.2, -0.15) is 0 Å². The molecule has 1 fully saturated rings. The molecule has 0 spiro atoms. The Labute approximate surface area is 122 Å². The van der Waals surface area contributed by atoms with Crippen molar-refractivity contribution >= 4 is 0 Å². The first-order valence-corrected chi connectivity index (χ1v) is 7.49. The summed E-state index contributed by atoms with van der Waals surface area (Å²) in [5, 5.41) is 11.0. The van der Waals surface area contributed by atoms with Crippen LogP contribution in [0.1, 0.15) is 43.4 Å². The van der Waals surface area contributed by atoms with Gasteiger partial charge in [0.05, 0.1) is 12.7 Å². The van der Waals surface area contributed by atoms with Gasteiger partial charge in [0.15, 0.2) is 0 Å². The Morgan fingerprint density at radius 2 is 1.75 bits per heavy atom. The molecule has 2 rings (SSSR count). The number of rotatable bonds is 3. The van der Waals surface area contributed by atoms with Crippen LogP contribution in [0.3, 0.4) is 0 Å². The van der Waals surface area contributed by atoms with Gasteiger partial charge in [-0.25, -0.2) is 0 Å². The third kappa shape index (κ3) is 2.84. The fraction of sp³-hybridized carbons (Fsp3) is 0.647. The van der Waals surface area contributed by atoms with Crippen LogP contribution >= 0.6 is 0 Å². The maximum Gasteiger partial charge on any atom is 0.122 e. The molecule has 0 saturated carbocycles. The molecular formula is C17H27NO2. The number of benzene rings is 1. The molecule has 112 valence electrons. The van der Waals surface area contributed by atoms with E-state index < -0.39 is 5.60 Å². The fourth-order valence-electron chi connectivity index (χ4n) is 3.19. The topological polar surface area (TPSA) is 32.7 Å². The van der Waals surface area contributed by atoms with Crippen molar-refractivity contribution in [2.24, 2.45) is 0 Å². The molecule has 1 aliphatic rings. The molecule has 0 atom stereocenters. The first-order chi connectivity index (χ1) is 9.37. The van der Waals surface area contributed by atoms with Gasteiger partial charge in [0.2, 0.25) is 0 Å². The van der Waals surface area contributed by atoms with E-state index in [1.807, 2.05) is 13.0 Å². The minimum absolute atomic E-state index is 0.554. The summed E-state index contributed by atoms with van der Waals surface area (Å²) >= 11 is 0. The van der Waals surface area contributed by atoms with E-state index in [9.17, 15) is 5.11 Å². The summed E-state index contributed by atoms with van der Waals surface area (Å²) in [6, 6.07) is 4.69. The molecule has 1 saturated heterocycles. The van der Waals surface area contributed by atoms with E-state index in [0.29, 0.717) is 6.04 Å². The zero-order valence-electron chi connectivity index (χ0n) is 13.4. The average Bonchev–Trinajstić information content (AvgIpc) is 2.41. The van der Waals surface area contributed by atoms with Gasteiger partial charge in [-0.05, 0) is 69.4 Å². The number of hydrogen-bond acceptors (Lipinski definition) is 3. The molecule has 1 aromatic rings. The molecule has 0 aliphatic carbocycles. The summed E-state index contributed by atoms with van der Waals surface area (Å²) in [7, 11) is 1.69. The Hall–Kier alpha value is -1.06. The molecular weight excluding hydrogens is 250 g/mol. The van der Waals surface area contributed by atoms with Gasteiger partial charge in [0.1, 0.15) is 5.75 Å². The highest BCUT2D eigenvalue weighted by molar-refractivity contribution is 5.44. The molecule has 0 radical (unpaired) electrons. The Balaban J connectivity index is 2.25. The van der Waals surface area contributed by atoms with Crippen LogP contribution in [0.5, 0.6) is 5.75 Å². The van der Waals surface area contributed by atoms with Crippen molar-refractivity contribution in [2.45, 2.75) is 52.2 Å². The van der Waals surface area contributed by atoms with Crippen molar-refractivity contribution in [1.29, 1.82) is 0 Å². The summed E-state index contributed by atoms with van der Waals surface area (Å²) < 4.78 is 5.36. The number of piperidine rings is 1. The zero-order valence-corrected chi connectivity index (χ0v) is 13.4. The van der Waals surface area contributed by atoms with Gasteiger partial charge < -0.3 is 14.7 Å². The standard InChI is InChI=1S/C17H27NO2/c1-12(2)18-8-6-17(19,7-9-18)15-10-14(4)16(20-5)11-13(15)3/h10-12,19H,6-9H2,1-5H3. The van der Waals surface area contributed by atoms with Gasteiger partial charge in [0, 0.05) is 19.1 Å². The van der Waals surface area contributed by atoms with Gasteiger partial charge >= 0.3 is 0 Å². The van der Waals surface area contributed by atoms with Crippen molar-refractivity contribution in [3.05, 3.63) is 28.8 Å². The van der Waals surface area contributed by atoms with Gasteiger partial charge in [-0.15, -0.1) is 0 Å². The zero-order chi connectivity index (χ0) is 14.9. The monoisotopic (exact) mass is 277 g/mol. The lowest BCUT2D eigenvalue weighted by molar-refractivity contribution is -0.0328. The maximum atomic E-state index is 11.0. The number of nitrogens with zero attached hydrogens (tertiary/aromatic N) is 1. The summed E-state index contributed by atoms with van der Waals surface area (Å²) in [5.41, 5.74) is 2.59. The predicted octanol–water partition coefficient (Wildman–Crippen LogP) is 3.00. The molecule has 20 heavy (non-hydrogen) atoms. The van der Waals surface area contributed by atoms with E-state index >= 15 is 0 Å². The van der Waals surface area contributed by atoms with Crippen LogP contribution in [0.15, 0.2) is 12.1 Å². The quantitative estimate of drug-likeness (QED) is 0.922. The van der Waals surface area contributed by atoms with E-state index in [1.54, 1.807) is 7.11 Å². The number of methoxy groups -OCH3 is 1. The van der Waals surface area contributed by atoms with Crippen LogP contribution < -0.4 is 4.74 Å². The van der Waals surface area contributed by atoms with Crippen molar-refractivity contribution in [3.63, 3.8) is 0 Å². The lowest BCUT2D eigenvalue weighted by Gasteiger charge is -2.41. The number of hydrogen-bond donors (Lipinski definition) is 1. The minimum atomic E-state index is -0.688. The molecule has 0 amide bonds. The molecule has 1 aliphatic heterocycles. The summed E-state index contributed by atoms with van der Waals surface area (Å²) in [6.07, 6.45) is 1.61. The Morgan fingerprint density at radius 3 is 2.25 bits per heavy atom. The molecule has 3 nitrogen and oxygen atoms in total. The predicted molar refractivity (Wildman–Crippen MR) is 82.3 cm³/mol. The van der Waals surface area contributed by atoms with Crippen molar-refractivity contribution in [3.8, 4) is 5.75 Å². The average molecular weight is 277 g/mol. The fourth-order valence-corrected chi connectivity index (χ4v) is 3.19. The second kappa shape index (κ2) is 5.74. The Morgan fingerprint density at radius 1 is 1.15 bits per heavy atom. The second-order valence-electron chi connectivity index (χ2n) is 6.30. The van der Waals surface area contributed by atoms with E-state index in [4.69, 9.17) is 4.74 Å². The van der Waals surface area contributed by atoms with Crippen molar-refractivity contribution in [2.75, 3.05) is 20.2 Å². The van der Waals surface area contributed by atoms with Crippen LogP contribution in [-0.4, -0.2) is 36.2 Å². The van der Waals surface area contributed by atoms with E-state index in [-0.39, 0.29) is 0 Å². The van der Waals surface area contributed by atoms with Crippen molar-refractivity contribution < 1.29 is 9.84 Å². The second-order valence-corrected chi connectivity index (χ2v) is 6.30. The van der Waals surface area contributed by atoms with Crippen molar-refractivity contribution in [1.82, 2.24) is 4.90 Å². The van der Waals surface area contributed by atoms with Crippen LogP contribution in [-0.2, 0) is 5.60 Å². The molecule has 1 heterocycles. The smallest absolute Gasteiger partial charge is 0.122 e. The van der Waals surface area contributed by atoms with Crippen LogP contribution in [0, 0.1) is 13.8 Å². The summed E-state index contributed by atoms with van der Waals surface area (Å²) in [4.78, 5) is 2.43. The number of ether oxygens (including phenoxy) is 1. The molecule has 1 N–H and O–H groups in total. The Bertz CT molecular complexity index is 474. The van der Waals surface area contributed by atoms with E-state index in [0.717, 1.165) is 48.4 Å². The number of aliphatic hydroxyl groups is 1. The van der Waals surface area contributed by atoms with E-state index in [1.165, 1.54) is 0 Å². The molecule has 3 heteroatoms. The molecule has 0 unspecified atom stereocenters. The lowest BCUT2D eigenvalue weighted by atomic mass is 9.81. The highest BCUT2D eigenvalue weighted by atomic mass is 16.5. The molecule has 0 aromatic heterocycles. The van der Waals surface area contributed by atoms with Gasteiger partial charge in [0.25, 0.3) is 0 Å². The summed E-state index contributed by atoms with van der Waals surface area (Å²) in [5.74, 6) is 0.898. The van der Waals surface area contributed by atoms with Crippen LogP contribution in [0.25, 0.3) is 0 Å². The first-order valence-electron chi connectivity index (χ1n) is 7.49. The van der Waals surface area contributed by atoms with E-state index in [2.05, 4.69) is 31.7 Å². The highest BCUT2D eigenvalue weighted by Gasteiger charge is 2.35. The van der Waals surface area contributed by atoms with Crippen LogP contribution in [0.4, 0.5) is 0 Å². The van der Waals surface area contributed by atoms with Gasteiger partial charge in [-0.1, -0.05) is 0 Å². The molecule has 1 aromatic carbocycles. The lowest BCUT2D eigenvalue weighted by Crippen LogP contribution is -2.45. The number of aryl methyl sites for hydroxylation is 2. The highest BCUT2D eigenvalue weighted by Crippen LogP contribution is 2.37. The minimum Gasteiger partial charge on any atom is -0.496 e. The van der Waals surface area contributed by atoms with Gasteiger partial charge in [-0.3, -0.25) is 0 Å².